The quantitative estimate of drug-likeness (QED) is 0.888. The van der Waals surface area contributed by atoms with Gasteiger partial charge in [-0.3, -0.25) is 0 Å². The summed E-state index contributed by atoms with van der Waals surface area (Å²) >= 11 is 3.32. The lowest BCUT2D eigenvalue weighted by atomic mass is 10.3. The average molecular weight is 282 g/mol. The molecule has 3 nitrogen and oxygen atoms in total. The summed E-state index contributed by atoms with van der Waals surface area (Å²) in [4.78, 5) is 4.07. The number of nitrogens with two attached hydrogens (primary N) is 1. The van der Waals surface area contributed by atoms with Gasteiger partial charge in [0.15, 0.2) is 0 Å². The first-order chi connectivity index (χ1) is 7.65. The Hall–Kier alpha value is -1.62. The second-order valence-corrected chi connectivity index (χ2v) is 4.08. The molecule has 0 atom stereocenters. The van der Waals surface area contributed by atoms with Crippen LogP contribution in [0.1, 0.15) is 0 Å². The Balaban J connectivity index is 2.30. The van der Waals surface area contributed by atoms with Crippen LogP contribution in [0.15, 0.2) is 41.0 Å². The first-order valence-corrected chi connectivity index (χ1v) is 5.38. The van der Waals surface area contributed by atoms with Crippen molar-refractivity contribution in [3.8, 4) is 0 Å². The Labute approximate surface area is 101 Å². The summed E-state index contributed by atoms with van der Waals surface area (Å²) in [5.74, 6) is 0.265. The van der Waals surface area contributed by atoms with Gasteiger partial charge in [0.2, 0.25) is 0 Å². The van der Waals surface area contributed by atoms with Crippen LogP contribution in [0.2, 0.25) is 0 Å². The van der Waals surface area contributed by atoms with E-state index in [0.29, 0.717) is 17.2 Å². The number of benzene rings is 1. The van der Waals surface area contributed by atoms with Crippen LogP contribution in [0.4, 0.5) is 21.6 Å². The van der Waals surface area contributed by atoms with Gasteiger partial charge in [-0.05, 0) is 40.2 Å². The maximum absolute atomic E-state index is 13.0. The maximum atomic E-state index is 13.0. The van der Waals surface area contributed by atoms with Crippen LogP contribution in [0.5, 0.6) is 0 Å². The van der Waals surface area contributed by atoms with Crippen molar-refractivity contribution >= 4 is 33.1 Å². The predicted octanol–water partition coefficient (Wildman–Crippen LogP) is 3.31. The van der Waals surface area contributed by atoms with Crippen molar-refractivity contribution in [3.05, 3.63) is 46.8 Å². The van der Waals surface area contributed by atoms with Crippen LogP contribution in [0.25, 0.3) is 0 Å². The monoisotopic (exact) mass is 281 g/mol. The lowest BCUT2D eigenvalue weighted by Crippen LogP contribution is -1.96. The molecular weight excluding hydrogens is 273 g/mol. The summed E-state index contributed by atoms with van der Waals surface area (Å²) in [6, 6.07) is 7.75. The summed E-state index contributed by atoms with van der Waals surface area (Å²) in [5, 5.41) is 2.98. The molecule has 0 spiro atoms. The highest BCUT2D eigenvalue weighted by Crippen LogP contribution is 2.26. The maximum Gasteiger partial charge on any atom is 0.132 e. The summed E-state index contributed by atoms with van der Waals surface area (Å²) in [5.41, 5.74) is 6.83. The number of nitrogen functional groups attached to an aromatic ring is 1. The third-order valence-electron chi connectivity index (χ3n) is 1.98. The third-order valence-corrected chi connectivity index (χ3v) is 2.67. The van der Waals surface area contributed by atoms with Crippen molar-refractivity contribution in [3.63, 3.8) is 0 Å². The number of nitrogens with zero attached hydrogens (tertiary/aromatic N) is 1. The fourth-order valence-electron chi connectivity index (χ4n) is 1.25. The minimum Gasteiger partial charge on any atom is -0.399 e. The van der Waals surface area contributed by atoms with Crippen molar-refractivity contribution in [2.24, 2.45) is 0 Å². The molecule has 5 heteroatoms. The Morgan fingerprint density at radius 2 is 2.06 bits per heavy atom. The third kappa shape index (κ3) is 2.49. The minimum atomic E-state index is -0.311. The van der Waals surface area contributed by atoms with Gasteiger partial charge in [0.05, 0.1) is 5.69 Å². The second kappa shape index (κ2) is 4.49. The van der Waals surface area contributed by atoms with E-state index < -0.39 is 0 Å². The highest BCUT2D eigenvalue weighted by molar-refractivity contribution is 9.10. The molecule has 82 valence electrons. The van der Waals surface area contributed by atoms with Gasteiger partial charge in [0, 0.05) is 22.4 Å². The molecule has 1 aromatic heterocycles. The number of halogens is 2. The minimum absolute atomic E-state index is 0.311. The number of hydrogen-bond acceptors (Lipinski definition) is 3. The molecule has 0 aliphatic heterocycles. The van der Waals surface area contributed by atoms with Gasteiger partial charge in [-0.15, -0.1) is 0 Å². The molecule has 0 bridgehead atoms. The molecule has 0 unspecified atom stereocenters. The van der Waals surface area contributed by atoms with E-state index in [-0.39, 0.29) is 5.82 Å². The summed E-state index contributed by atoms with van der Waals surface area (Å²) in [6.45, 7) is 0. The SMILES string of the molecule is Nc1ccnc(Nc2cc(F)ccc2Br)c1. The Morgan fingerprint density at radius 3 is 2.81 bits per heavy atom. The largest absolute Gasteiger partial charge is 0.399 e. The predicted molar refractivity (Wildman–Crippen MR) is 66.0 cm³/mol. The fourth-order valence-corrected chi connectivity index (χ4v) is 1.59. The molecular formula is C11H9BrFN3. The average Bonchev–Trinajstić information content (AvgIpc) is 2.24. The van der Waals surface area contributed by atoms with Gasteiger partial charge in [-0.2, -0.15) is 0 Å². The normalized spacial score (nSPS) is 10.1. The van der Waals surface area contributed by atoms with Crippen molar-refractivity contribution in [2.45, 2.75) is 0 Å². The number of rotatable bonds is 2. The van der Waals surface area contributed by atoms with Gasteiger partial charge in [0.1, 0.15) is 11.6 Å². The van der Waals surface area contributed by atoms with Gasteiger partial charge in [0.25, 0.3) is 0 Å². The first-order valence-electron chi connectivity index (χ1n) is 4.59. The first kappa shape index (κ1) is 10.9. The Kier molecular flexibility index (Phi) is 3.05. The van der Waals surface area contributed by atoms with Gasteiger partial charge in [-0.1, -0.05) is 0 Å². The zero-order chi connectivity index (χ0) is 11.5. The topological polar surface area (TPSA) is 50.9 Å². The van der Waals surface area contributed by atoms with Crippen molar-refractivity contribution in [1.29, 1.82) is 0 Å². The molecule has 0 aliphatic rings. The summed E-state index contributed by atoms with van der Waals surface area (Å²) < 4.78 is 13.8. The molecule has 1 heterocycles. The van der Waals surface area contributed by atoms with E-state index in [1.54, 1.807) is 24.4 Å². The number of aromatic nitrogens is 1. The fraction of sp³-hybridized carbons (Fsp3) is 0. The number of hydrogen-bond donors (Lipinski definition) is 2. The van der Waals surface area contributed by atoms with E-state index in [4.69, 9.17) is 5.73 Å². The molecule has 0 saturated carbocycles. The summed E-state index contributed by atoms with van der Waals surface area (Å²) in [7, 11) is 0. The lowest BCUT2D eigenvalue weighted by Gasteiger charge is -2.08. The van der Waals surface area contributed by atoms with Crippen molar-refractivity contribution in [1.82, 2.24) is 4.98 Å². The Bertz CT molecular complexity index is 516. The number of anilines is 3. The number of pyridine rings is 1. The molecule has 3 N–H and O–H groups in total. The molecule has 2 rings (SSSR count). The van der Waals surface area contributed by atoms with E-state index in [9.17, 15) is 4.39 Å². The molecule has 0 fully saturated rings. The van der Waals surface area contributed by atoms with E-state index in [0.717, 1.165) is 4.47 Å². The highest BCUT2D eigenvalue weighted by Gasteiger charge is 2.02. The van der Waals surface area contributed by atoms with Crippen LogP contribution in [-0.4, -0.2) is 4.98 Å². The van der Waals surface area contributed by atoms with Gasteiger partial charge < -0.3 is 11.1 Å². The summed E-state index contributed by atoms with van der Waals surface area (Å²) in [6.07, 6.45) is 1.59. The smallest absolute Gasteiger partial charge is 0.132 e. The van der Waals surface area contributed by atoms with E-state index in [2.05, 4.69) is 26.2 Å². The van der Waals surface area contributed by atoms with Crippen molar-refractivity contribution < 1.29 is 4.39 Å². The molecule has 0 radical (unpaired) electrons. The van der Waals surface area contributed by atoms with E-state index >= 15 is 0 Å². The molecule has 0 aliphatic carbocycles. The number of nitrogens with one attached hydrogen (secondary N) is 1. The zero-order valence-corrected chi connectivity index (χ0v) is 9.83. The van der Waals surface area contributed by atoms with Gasteiger partial charge in [-0.25, -0.2) is 9.37 Å². The molecule has 1 aromatic carbocycles. The highest BCUT2D eigenvalue weighted by atomic mass is 79.9. The zero-order valence-electron chi connectivity index (χ0n) is 8.24. The van der Waals surface area contributed by atoms with Crippen LogP contribution in [-0.2, 0) is 0 Å². The Morgan fingerprint density at radius 1 is 1.25 bits per heavy atom. The standard InChI is InChI=1S/C11H9BrFN3/c12-9-2-1-7(13)5-10(9)16-11-6-8(14)3-4-15-11/h1-6H,(H3,14,15,16). The molecule has 0 saturated heterocycles. The van der Waals surface area contributed by atoms with Crippen LogP contribution in [0, 0.1) is 5.82 Å². The molecule has 2 aromatic rings. The van der Waals surface area contributed by atoms with Crippen LogP contribution in [0.3, 0.4) is 0 Å². The molecule has 0 amide bonds. The molecule has 16 heavy (non-hydrogen) atoms. The lowest BCUT2D eigenvalue weighted by molar-refractivity contribution is 0.628. The van der Waals surface area contributed by atoms with Crippen LogP contribution >= 0.6 is 15.9 Å². The van der Waals surface area contributed by atoms with Gasteiger partial charge >= 0.3 is 0 Å². The van der Waals surface area contributed by atoms with Crippen molar-refractivity contribution in [2.75, 3.05) is 11.1 Å². The second-order valence-electron chi connectivity index (χ2n) is 3.22. The van der Waals surface area contributed by atoms with E-state index in [1.807, 2.05) is 0 Å². The van der Waals surface area contributed by atoms with E-state index in [1.165, 1.54) is 12.1 Å². The van der Waals surface area contributed by atoms with Crippen LogP contribution < -0.4 is 11.1 Å².